The van der Waals surface area contributed by atoms with Crippen LogP contribution in [0.1, 0.15) is 19.8 Å². The molecular weight excluding hydrogens is 236 g/mol. The second-order valence-electron chi connectivity index (χ2n) is 3.44. The average molecular weight is 250 g/mol. The first kappa shape index (κ1) is 12.9. The number of hydrogen-bond donors (Lipinski definition) is 2. The smallest absolute Gasteiger partial charge is 0.332 e. The SMILES string of the molecule is CCOC(=O)C(N)C(=O)NS(=O)(=O)C1CC1. The first-order chi connectivity index (χ1) is 7.38. The number of amides is 1. The highest BCUT2D eigenvalue weighted by Gasteiger charge is 2.38. The zero-order valence-electron chi connectivity index (χ0n) is 8.80. The molecule has 0 aliphatic heterocycles. The van der Waals surface area contributed by atoms with E-state index in [0.29, 0.717) is 12.8 Å². The fourth-order valence-electron chi connectivity index (χ4n) is 1.00. The van der Waals surface area contributed by atoms with Crippen molar-refractivity contribution in [1.82, 2.24) is 4.72 Å². The zero-order valence-corrected chi connectivity index (χ0v) is 9.62. The molecule has 0 saturated heterocycles. The summed E-state index contributed by atoms with van der Waals surface area (Å²) in [6.45, 7) is 1.64. The van der Waals surface area contributed by atoms with Crippen LogP contribution in [0.2, 0.25) is 0 Å². The lowest BCUT2D eigenvalue weighted by Gasteiger charge is -2.10. The molecule has 7 nitrogen and oxygen atoms in total. The first-order valence-corrected chi connectivity index (χ1v) is 6.40. The van der Waals surface area contributed by atoms with E-state index in [0.717, 1.165) is 0 Å². The van der Waals surface area contributed by atoms with Crippen molar-refractivity contribution in [2.24, 2.45) is 5.73 Å². The lowest BCUT2D eigenvalue weighted by molar-refractivity contribution is -0.147. The fourth-order valence-corrected chi connectivity index (χ4v) is 2.34. The van der Waals surface area contributed by atoms with E-state index in [2.05, 4.69) is 4.74 Å². The van der Waals surface area contributed by atoms with Crippen molar-refractivity contribution in [2.75, 3.05) is 6.61 Å². The average Bonchev–Trinajstić information content (AvgIpc) is 2.99. The lowest BCUT2D eigenvalue weighted by atomic mass is 10.3. The fraction of sp³-hybridized carbons (Fsp3) is 0.750. The van der Waals surface area contributed by atoms with E-state index < -0.39 is 33.2 Å². The van der Waals surface area contributed by atoms with Crippen LogP contribution in [0.3, 0.4) is 0 Å². The summed E-state index contributed by atoms with van der Waals surface area (Å²) in [5, 5.41) is -0.536. The maximum atomic E-state index is 11.3. The molecule has 0 heterocycles. The van der Waals surface area contributed by atoms with Gasteiger partial charge in [0.15, 0.2) is 6.04 Å². The second-order valence-corrected chi connectivity index (χ2v) is 5.40. The molecule has 1 rings (SSSR count). The van der Waals surface area contributed by atoms with Gasteiger partial charge in [-0.2, -0.15) is 0 Å². The van der Waals surface area contributed by atoms with Crippen LogP contribution in [0, 0.1) is 0 Å². The van der Waals surface area contributed by atoms with Crippen molar-refractivity contribution in [3.63, 3.8) is 0 Å². The molecule has 0 aromatic carbocycles. The Balaban J connectivity index is 2.54. The van der Waals surface area contributed by atoms with Gasteiger partial charge < -0.3 is 10.5 Å². The molecule has 0 radical (unpaired) electrons. The van der Waals surface area contributed by atoms with Crippen molar-refractivity contribution in [3.8, 4) is 0 Å². The van der Waals surface area contributed by atoms with Crippen molar-refractivity contribution >= 4 is 21.9 Å². The highest BCUT2D eigenvalue weighted by molar-refractivity contribution is 7.90. The lowest BCUT2D eigenvalue weighted by Crippen LogP contribution is -2.49. The summed E-state index contributed by atoms with van der Waals surface area (Å²) in [5.41, 5.74) is 5.22. The van der Waals surface area contributed by atoms with Gasteiger partial charge in [0, 0.05) is 0 Å². The largest absolute Gasteiger partial charge is 0.464 e. The topological polar surface area (TPSA) is 116 Å². The molecule has 1 atom stereocenters. The minimum absolute atomic E-state index is 0.0786. The second kappa shape index (κ2) is 4.79. The Labute approximate surface area is 93.4 Å². The van der Waals surface area contributed by atoms with E-state index in [4.69, 9.17) is 5.73 Å². The molecule has 0 spiro atoms. The quantitative estimate of drug-likeness (QED) is 0.452. The molecule has 0 aromatic rings. The Bertz CT molecular complexity index is 387. The van der Waals surface area contributed by atoms with E-state index in [-0.39, 0.29) is 6.61 Å². The van der Waals surface area contributed by atoms with Gasteiger partial charge in [0.1, 0.15) is 0 Å². The Morgan fingerprint density at radius 2 is 2.06 bits per heavy atom. The number of ether oxygens (including phenoxy) is 1. The van der Waals surface area contributed by atoms with Crippen molar-refractivity contribution in [1.29, 1.82) is 0 Å². The summed E-state index contributed by atoms with van der Waals surface area (Å²) in [4.78, 5) is 22.3. The van der Waals surface area contributed by atoms with E-state index in [1.165, 1.54) is 0 Å². The minimum Gasteiger partial charge on any atom is -0.464 e. The molecule has 1 aliphatic rings. The Morgan fingerprint density at radius 3 is 2.50 bits per heavy atom. The van der Waals surface area contributed by atoms with Crippen LogP contribution < -0.4 is 10.5 Å². The molecule has 1 fully saturated rings. The molecule has 1 amide bonds. The Hall–Kier alpha value is -1.15. The van der Waals surface area contributed by atoms with Gasteiger partial charge >= 0.3 is 5.97 Å². The molecule has 0 bridgehead atoms. The van der Waals surface area contributed by atoms with E-state index >= 15 is 0 Å². The van der Waals surface area contributed by atoms with Crippen LogP contribution in [0.25, 0.3) is 0 Å². The number of carbonyl (C=O) groups excluding carboxylic acids is 2. The molecule has 16 heavy (non-hydrogen) atoms. The number of nitrogens with one attached hydrogen (secondary N) is 1. The van der Waals surface area contributed by atoms with Gasteiger partial charge in [0.05, 0.1) is 11.9 Å². The highest BCUT2D eigenvalue weighted by atomic mass is 32.2. The van der Waals surface area contributed by atoms with E-state index in [9.17, 15) is 18.0 Å². The molecule has 1 aliphatic carbocycles. The monoisotopic (exact) mass is 250 g/mol. The number of esters is 1. The third-order valence-corrected chi connectivity index (χ3v) is 3.86. The summed E-state index contributed by atoms with van der Waals surface area (Å²) in [5.74, 6) is -1.99. The third kappa shape index (κ3) is 3.17. The van der Waals surface area contributed by atoms with Crippen LogP contribution in [0.4, 0.5) is 0 Å². The molecule has 3 N–H and O–H groups in total. The van der Waals surface area contributed by atoms with Gasteiger partial charge in [-0.3, -0.25) is 9.52 Å². The number of hydrogen-bond acceptors (Lipinski definition) is 6. The van der Waals surface area contributed by atoms with Crippen LogP contribution >= 0.6 is 0 Å². The van der Waals surface area contributed by atoms with Crippen molar-refractivity contribution < 1.29 is 22.7 Å². The number of carbonyl (C=O) groups is 2. The minimum atomic E-state index is -3.67. The predicted octanol–water partition coefficient (Wildman–Crippen LogP) is -1.51. The zero-order chi connectivity index (χ0) is 12.3. The van der Waals surface area contributed by atoms with Crippen molar-refractivity contribution in [2.45, 2.75) is 31.1 Å². The van der Waals surface area contributed by atoms with E-state index in [1.54, 1.807) is 11.6 Å². The highest BCUT2D eigenvalue weighted by Crippen LogP contribution is 2.27. The number of rotatable bonds is 5. The third-order valence-electron chi connectivity index (χ3n) is 2.03. The molecule has 0 aromatic heterocycles. The van der Waals surface area contributed by atoms with Gasteiger partial charge in [0.2, 0.25) is 10.0 Å². The molecular formula is C8H14N2O5S. The van der Waals surface area contributed by atoms with Crippen molar-refractivity contribution in [3.05, 3.63) is 0 Å². The summed E-state index contributed by atoms with van der Waals surface area (Å²) in [7, 11) is -3.67. The standard InChI is InChI=1S/C8H14N2O5S/c1-2-15-8(12)6(9)7(11)10-16(13,14)5-3-4-5/h5-6H,2-4,9H2,1H3,(H,10,11). The summed E-state index contributed by atoms with van der Waals surface area (Å²) in [6.07, 6.45) is 1.05. The molecule has 8 heteroatoms. The summed E-state index contributed by atoms with van der Waals surface area (Å²) < 4.78 is 29.0. The van der Waals surface area contributed by atoms with Crippen LogP contribution in [-0.2, 0) is 24.3 Å². The van der Waals surface area contributed by atoms with Crippen LogP contribution in [0.15, 0.2) is 0 Å². The normalized spacial score (nSPS) is 17.6. The molecule has 1 unspecified atom stereocenters. The van der Waals surface area contributed by atoms with Gasteiger partial charge in [-0.05, 0) is 19.8 Å². The van der Waals surface area contributed by atoms with Gasteiger partial charge in [-0.25, -0.2) is 13.2 Å². The first-order valence-electron chi connectivity index (χ1n) is 4.86. The van der Waals surface area contributed by atoms with Gasteiger partial charge in [-0.15, -0.1) is 0 Å². The maximum absolute atomic E-state index is 11.3. The predicted molar refractivity (Wildman–Crippen MR) is 54.7 cm³/mol. The van der Waals surface area contributed by atoms with E-state index in [1.807, 2.05) is 0 Å². The summed E-state index contributed by atoms with van der Waals surface area (Å²) >= 11 is 0. The maximum Gasteiger partial charge on any atom is 0.332 e. The molecule has 1 saturated carbocycles. The van der Waals surface area contributed by atoms with Gasteiger partial charge in [0.25, 0.3) is 5.91 Å². The van der Waals surface area contributed by atoms with Crippen LogP contribution in [0.5, 0.6) is 0 Å². The number of nitrogens with two attached hydrogens (primary N) is 1. The Kier molecular flexibility index (Phi) is 3.87. The van der Waals surface area contributed by atoms with Crippen LogP contribution in [-0.4, -0.2) is 38.2 Å². The summed E-state index contributed by atoms with van der Waals surface area (Å²) in [6, 6.07) is -1.60. The molecule has 92 valence electrons. The van der Waals surface area contributed by atoms with Gasteiger partial charge in [-0.1, -0.05) is 0 Å². The Morgan fingerprint density at radius 1 is 1.50 bits per heavy atom. The number of sulfonamides is 1.